The van der Waals surface area contributed by atoms with Crippen LogP contribution in [0.3, 0.4) is 0 Å². The molecule has 2 aliphatic rings. The molecule has 172 valence electrons. The van der Waals surface area contributed by atoms with E-state index in [0.29, 0.717) is 11.4 Å². The SMILES string of the molecule is COc1cc(OC)c2c(c1Cl)OC1(C(=O)C=C(Nc3ccc(Cl)c([N+](=O)[O-])c3)CC1C)C2=O. The number of benzene rings is 2. The van der Waals surface area contributed by atoms with Gasteiger partial charge in [-0.25, -0.2) is 0 Å². The highest BCUT2D eigenvalue weighted by Gasteiger charge is 2.60. The Kier molecular flexibility index (Phi) is 5.71. The van der Waals surface area contributed by atoms with Crippen molar-refractivity contribution in [2.45, 2.75) is 18.9 Å². The first-order chi connectivity index (χ1) is 15.6. The molecule has 2 aromatic rings. The van der Waals surface area contributed by atoms with E-state index in [1.807, 2.05) is 0 Å². The Morgan fingerprint density at radius 2 is 1.88 bits per heavy atom. The van der Waals surface area contributed by atoms with Crippen LogP contribution in [0.4, 0.5) is 11.4 Å². The second kappa shape index (κ2) is 8.24. The average Bonchev–Trinajstić information content (AvgIpc) is 3.09. The summed E-state index contributed by atoms with van der Waals surface area (Å²) < 4.78 is 16.5. The van der Waals surface area contributed by atoms with Gasteiger partial charge in [0.1, 0.15) is 27.1 Å². The molecule has 0 fully saturated rings. The molecule has 0 bridgehead atoms. The number of fused-ring (bicyclic) bond motifs is 1. The lowest BCUT2D eigenvalue weighted by molar-refractivity contribution is -0.384. The van der Waals surface area contributed by atoms with Gasteiger partial charge in [0.2, 0.25) is 17.2 Å². The van der Waals surface area contributed by atoms with Crippen molar-refractivity contribution in [3.05, 3.63) is 61.8 Å². The standard InChI is InChI=1S/C22H18Cl2N2O7/c1-10-6-12(25-11-4-5-13(23)14(7-11)26(29)30)8-17(27)22(10)21(28)18-15(31-2)9-16(32-3)19(24)20(18)33-22/h4-5,7-10,25H,6H2,1-3H3. The van der Waals surface area contributed by atoms with Gasteiger partial charge in [-0.2, -0.15) is 0 Å². The lowest BCUT2D eigenvalue weighted by Crippen LogP contribution is -2.55. The third-order valence-corrected chi connectivity index (χ3v) is 6.44. The van der Waals surface area contributed by atoms with Crippen molar-refractivity contribution in [3.63, 3.8) is 0 Å². The number of nitrogens with zero attached hydrogens (tertiary/aromatic N) is 1. The van der Waals surface area contributed by atoms with E-state index in [-0.39, 0.29) is 45.0 Å². The van der Waals surface area contributed by atoms with Crippen molar-refractivity contribution in [3.8, 4) is 17.2 Å². The van der Waals surface area contributed by atoms with Crippen LogP contribution >= 0.6 is 23.2 Å². The molecular formula is C22H18Cl2N2O7. The Labute approximate surface area is 198 Å². The molecule has 2 atom stereocenters. The van der Waals surface area contributed by atoms with E-state index in [0.717, 1.165) is 0 Å². The zero-order valence-corrected chi connectivity index (χ0v) is 19.2. The minimum Gasteiger partial charge on any atom is -0.496 e. The minimum atomic E-state index is -1.80. The Bertz CT molecular complexity index is 1240. The first kappa shape index (κ1) is 22.9. The van der Waals surface area contributed by atoms with Crippen molar-refractivity contribution in [2.24, 2.45) is 5.92 Å². The molecule has 1 heterocycles. The van der Waals surface area contributed by atoms with E-state index in [4.69, 9.17) is 37.4 Å². The Balaban J connectivity index is 1.70. The number of hydrogen-bond acceptors (Lipinski definition) is 8. The van der Waals surface area contributed by atoms with Gasteiger partial charge in [-0.1, -0.05) is 30.1 Å². The molecule has 0 radical (unpaired) electrons. The van der Waals surface area contributed by atoms with Crippen LogP contribution in [0.5, 0.6) is 17.2 Å². The molecule has 0 saturated heterocycles. The normalized spacial score (nSPS) is 21.4. The predicted molar refractivity (Wildman–Crippen MR) is 121 cm³/mol. The second-order valence-electron chi connectivity index (χ2n) is 7.65. The van der Waals surface area contributed by atoms with Crippen LogP contribution in [-0.2, 0) is 4.79 Å². The molecule has 9 nitrogen and oxygen atoms in total. The summed E-state index contributed by atoms with van der Waals surface area (Å²) in [5.41, 5.74) is -1.14. The van der Waals surface area contributed by atoms with Gasteiger partial charge in [0.15, 0.2) is 5.75 Å². The number of ether oxygens (including phenoxy) is 3. The monoisotopic (exact) mass is 492 g/mol. The number of nitro benzene ring substituents is 1. The summed E-state index contributed by atoms with van der Waals surface area (Å²) in [7, 11) is 2.80. The minimum absolute atomic E-state index is 0.00413. The maximum atomic E-state index is 13.5. The fourth-order valence-corrected chi connectivity index (χ4v) is 4.58. The number of anilines is 1. The molecule has 1 aliphatic heterocycles. The number of Topliss-reactive ketones (excluding diaryl/α,β-unsaturated/α-hetero) is 1. The smallest absolute Gasteiger partial charge is 0.289 e. The highest BCUT2D eigenvalue weighted by Crippen LogP contribution is 2.53. The van der Waals surface area contributed by atoms with Crippen LogP contribution < -0.4 is 19.5 Å². The number of hydrogen-bond donors (Lipinski definition) is 1. The number of methoxy groups -OCH3 is 2. The van der Waals surface area contributed by atoms with Gasteiger partial charge in [0.05, 0.1) is 19.1 Å². The summed E-state index contributed by atoms with van der Waals surface area (Å²) in [6.45, 7) is 1.71. The topological polar surface area (TPSA) is 117 Å². The van der Waals surface area contributed by atoms with Crippen molar-refractivity contribution >= 4 is 46.1 Å². The van der Waals surface area contributed by atoms with E-state index in [2.05, 4.69) is 5.32 Å². The number of nitrogens with one attached hydrogen (secondary N) is 1. The highest BCUT2D eigenvalue weighted by molar-refractivity contribution is 6.36. The Morgan fingerprint density at radius 1 is 1.18 bits per heavy atom. The second-order valence-corrected chi connectivity index (χ2v) is 8.44. The number of rotatable bonds is 5. The molecule has 2 unspecified atom stereocenters. The predicted octanol–water partition coefficient (Wildman–Crippen LogP) is 4.84. The van der Waals surface area contributed by atoms with Gasteiger partial charge in [0, 0.05) is 35.5 Å². The Hall–Kier alpha value is -3.30. The van der Waals surface area contributed by atoms with Crippen molar-refractivity contribution < 1.29 is 28.7 Å². The van der Waals surface area contributed by atoms with Gasteiger partial charge in [-0.3, -0.25) is 19.7 Å². The van der Waals surface area contributed by atoms with E-state index in [1.165, 1.54) is 38.5 Å². The summed E-state index contributed by atoms with van der Waals surface area (Å²) in [6, 6.07) is 5.68. The molecule has 2 aromatic carbocycles. The summed E-state index contributed by atoms with van der Waals surface area (Å²) in [5, 5.41) is 14.2. The van der Waals surface area contributed by atoms with Crippen molar-refractivity contribution in [1.29, 1.82) is 0 Å². The van der Waals surface area contributed by atoms with Gasteiger partial charge < -0.3 is 19.5 Å². The molecular weight excluding hydrogens is 475 g/mol. The van der Waals surface area contributed by atoms with E-state index in [1.54, 1.807) is 13.0 Å². The highest BCUT2D eigenvalue weighted by atomic mass is 35.5. The van der Waals surface area contributed by atoms with Gasteiger partial charge in [0.25, 0.3) is 5.69 Å². The first-order valence-corrected chi connectivity index (χ1v) is 10.5. The number of allylic oxidation sites excluding steroid dienone is 1. The van der Waals surface area contributed by atoms with Crippen molar-refractivity contribution in [1.82, 2.24) is 0 Å². The molecule has 0 saturated carbocycles. The molecule has 1 aliphatic carbocycles. The lowest BCUT2D eigenvalue weighted by Gasteiger charge is -2.35. The summed E-state index contributed by atoms with van der Waals surface area (Å²) in [5.74, 6) is -1.24. The fraction of sp³-hybridized carbons (Fsp3) is 0.273. The molecule has 33 heavy (non-hydrogen) atoms. The zero-order chi connectivity index (χ0) is 24.1. The number of ketones is 2. The molecule has 0 amide bonds. The summed E-state index contributed by atoms with van der Waals surface area (Å²) in [6.07, 6.45) is 1.51. The number of carbonyl (C=O) groups is 2. The van der Waals surface area contributed by atoms with Crippen LogP contribution in [0, 0.1) is 16.0 Å². The molecule has 0 aromatic heterocycles. The quantitative estimate of drug-likeness (QED) is 0.358. The Morgan fingerprint density at radius 3 is 2.48 bits per heavy atom. The van der Waals surface area contributed by atoms with Crippen molar-refractivity contribution in [2.75, 3.05) is 19.5 Å². The van der Waals surface area contributed by atoms with Gasteiger partial charge >= 0.3 is 0 Å². The van der Waals surface area contributed by atoms with Crippen LogP contribution in [0.1, 0.15) is 23.7 Å². The first-order valence-electron chi connectivity index (χ1n) is 9.78. The summed E-state index contributed by atoms with van der Waals surface area (Å²) >= 11 is 12.2. The molecule has 1 spiro atoms. The molecule has 11 heteroatoms. The maximum Gasteiger partial charge on any atom is 0.289 e. The van der Waals surface area contributed by atoms with Gasteiger partial charge in [-0.05, 0) is 18.6 Å². The van der Waals surface area contributed by atoms with Crippen LogP contribution in [-0.4, -0.2) is 36.3 Å². The van der Waals surface area contributed by atoms with Crippen LogP contribution in [0.2, 0.25) is 10.0 Å². The average molecular weight is 493 g/mol. The third kappa shape index (κ3) is 3.48. The number of carbonyl (C=O) groups excluding carboxylic acids is 2. The fourth-order valence-electron chi connectivity index (χ4n) is 4.13. The van der Waals surface area contributed by atoms with E-state index in [9.17, 15) is 19.7 Å². The lowest BCUT2D eigenvalue weighted by atomic mass is 9.74. The van der Waals surface area contributed by atoms with Crippen LogP contribution in [0.25, 0.3) is 0 Å². The van der Waals surface area contributed by atoms with Crippen LogP contribution in [0.15, 0.2) is 36.0 Å². The number of nitro groups is 1. The third-order valence-electron chi connectivity index (χ3n) is 5.76. The zero-order valence-electron chi connectivity index (χ0n) is 17.7. The molecule has 4 rings (SSSR count). The molecule has 1 N–H and O–H groups in total. The van der Waals surface area contributed by atoms with E-state index >= 15 is 0 Å². The largest absolute Gasteiger partial charge is 0.496 e. The van der Waals surface area contributed by atoms with Gasteiger partial charge in [-0.15, -0.1) is 0 Å². The maximum absolute atomic E-state index is 13.5. The summed E-state index contributed by atoms with van der Waals surface area (Å²) in [4.78, 5) is 37.3. The number of halogens is 2. The van der Waals surface area contributed by atoms with E-state index < -0.39 is 28.0 Å².